The summed E-state index contributed by atoms with van der Waals surface area (Å²) in [6.07, 6.45) is -1.62. The normalized spacial score (nSPS) is 14.0. The van der Waals surface area contributed by atoms with E-state index in [9.17, 15) is 17.6 Å². The molecule has 122 valence electrons. The van der Waals surface area contributed by atoms with Crippen molar-refractivity contribution in [3.63, 3.8) is 0 Å². The van der Waals surface area contributed by atoms with E-state index in [0.29, 0.717) is 0 Å². The minimum absolute atomic E-state index is 0.152. The van der Waals surface area contributed by atoms with Gasteiger partial charge >= 0.3 is 16.1 Å². The van der Waals surface area contributed by atoms with Crippen LogP contribution in [-0.2, 0) is 14.9 Å². The highest BCUT2D eigenvalue weighted by Gasteiger charge is 2.32. The van der Waals surface area contributed by atoms with Crippen LogP contribution in [0.25, 0.3) is 11.1 Å². The average Bonchev–Trinajstić information content (AvgIpc) is 2.54. The lowest BCUT2D eigenvalue weighted by molar-refractivity contribution is 0.0231. The van der Waals surface area contributed by atoms with Crippen LogP contribution in [0.1, 0.15) is 17.3 Å². The van der Waals surface area contributed by atoms with Gasteiger partial charge in [0.1, 0.15) is 6.10 Å². The van der Waals surface area contributed by atoms with Gasteiger partial charge in [-0.25, -0.2) is 9.18 Å². The van der Waals surface area contributed by atoms with Crippen molar-refractivity contribution in [1.82, 2.24) is 0 Å². The van der Waals surface area contributed by atoms with Gasteiger partial charge < -0.3 is 4.74 Å². The largest absolute Gasteiger partial charge is 0.455 e. The number of ether oxygens (including phenoxy) is 1. The first-order chi connectivity index (χ1) is 10.8. The van der Waals surface area contributed by atoms with Crippen molar-refractivity contribution in [1.29, 1.82) is 0 Å². The molecule has 2 aromatic carbocycles. The fourth-order valence-corrected chi connectivity index (χ4v) is 2.50. The molecular formula is C16H15FO5S. The Kier molecular flexibility index (Phi) is 5.12. The van der Waals surface area contributed by atoms with Gasteiger partial charge in [-0.2, -0.15) is 8.42 Å². The molecule has 0 heterocycles. The lowest BCUT2D eigenvalue weighted by atomic mass is 10.0. The molecule has 0 aliphatic heterocycles. The molecule has 1 N–H and O–H groups in total. The van der Waals surface area contributed by atoms with Crippen LogP contribution in [0.5, 0.6) is 0 Å². The van der Waals surface area contributed by atoms with E-state index in [1.165, 1.54) is 12.1 Å². The van der Waals surface area contributed by atoms with Crippen LogP contribution in [-0.4, -0.2) is 30.5 Å². The second-order valence-electron chi connectivity index (χ2n) is 4.92. The monoisotopic (exact) mass is 338 g/mol. The van der Waals surface area contributed by atoms with Gasteiger partial charge in [0, 0.05) is 0 Å². The Labute approximate surface area is 133 Å². The quantitative estimate of drug-likeness (QED) is 0.669. The van der Waals surface area contributed by atoms with Crippen molar-refractivity contribution < 1.29 is 26.9 Å². The van der Waals surface area contributed by atoms with Gasteiger partial charge in [0.2, 0.25) is 0 Å². The maximum atomic E-state index is 13.3. The van der Waals surface area contributed by atoms with E-state index >= 15 is 0 Å². The minimum Gasteiger partial charge on any atom is -0.455 e. The smallest absolute Gasteiger partial charge is 0.338 e. The zero-order valence-corrected chi connectivity index (χ0v) is 13.0. The van der Waals surface area contributed by atoms with E-state index in [4.69, 9.17) is 9.29 Å². The number of carbonyl (C=O) groups excluding carboxylic acids is 1. The van der Waals surface area contributed by atoms with Gasteiger partial charge in [0.15, 0.2) is 0 Å². The van der Waals surface area contributed by atoms with Crippen LogP contribution >= 0.6 is 0 Å². The number of hydrogen-bond donors (Lipinski definition) is 1. The van der Waals surface area contributed by atoms with E-state index in [-0.39, 0.29) is 5.56 Å². The summed E-state index contributed by atoms with van der Waals surface area (Å²) in [7, 11) is -4.92. The predicted molar refractivity (Wildman–Crippen MR) is 83.2 cm³/mol. The van der Waals surface area contributed by atoms with Crippen molar-refractivity contribution in [2.45, 2.75) is 18.5 Å². The first kappa shape index (κ1) is 17.1. The molecule has 0 aliphatic rings. The summed E-state index contributed by atoms with van der Waals surface area (Å²) >= 11 is 0. The molecule has 0 saturated heterocycles. The van der Waals surface area contributed by atoms with Crippen LogP contribution < -0.4 is 0 Å². The third-order valence-corrected chi connectivity index (χ3v) is 4.13. The predicted octanol–water partition coefficient (Wildman–Crippen LogP) is 3.08. The van der Waals surface area contributed by atoms with Gasteiger partial charge in [-0.05, 0) is 30.2 Å². The van der Waals surface area contributed by atoms with Crippen molar-refractivity contribution in [2.75, 3.05) is 0 Å². The maximum Gasteiger partial charge on any atom is 0.338 e. The van der Waals surface area contributed by atoms with Crippen LogP contribution in [0.15, 0.2) is 54.6 Å². The third-order valence-electron chi connectivity index (χ3n) is 3.17. The highest BCUT2D eigenvalue weighted by Crippen LogP contribution is 2.20. The second kappa shape index (κ2) is 6.89. The summed E-state index contributed by atoms with van der Waals surface area (Å²) in [5.74, 6) is -0.872. The lowest BCUT2D eigenvalue weighted by Crippen LogP contribution is -2.31. The molecule has 0 spiro atoms. The lowest BCUT2D eigenvalue weighted by Gasteiger charge is -2.15. The molecule has 2 aromatic rings. The molecule has 0 bridgehead atoms. The number of halogens is 1. The van der Waals surface area contributed by atoms with Crippen molar-refractivity contribution in [3.05, 3.63) is 60.2 Å². The van der Waals surface area contributed by atoms with E-state index in [2.05, 4.69) is 0 Å². The van der Waals surface area contributed by atoms with Gasteiger partial charge in [-0.15, -0.1) is 0 Å². The van der Waals surface area contributed by atoms with E-state index in [0.717, 1.165) is 18.1 Å². The van der Waals surface area contributed by atoms with Crippen LogP contribution in [0.2, 0.25) is 0 Å². The number of hydrogen-bond acceptors (Lipinski definition) is 4. The van der Waals surface area contributed by atoms with Gasteiger partial charge in [0.05, 0.1) is 5.56 Å². The summed E-state index contributed by atoms with van der Waals surface area (Å²) in [5.41, 5.74) is -0.679. The molecule has 0 saturated carbocycles. The number of carbonyl (C=O) groups is 1. The molecule has 0 aliphatic carbocycles. The summed E-state index contributed by atoms with van der Waals surface area (Å²) in [4.78, 5) is 11.9. The summed E-state index contributed by atoms with van der Waals surface area (Å²) in [6.45, 7) is 1.05. The van der Waals surface area contributed by atoms with Crippen LogP contribution in [0, 0.1) is 0 Å². The van der Waals surface area contributed by atoms with Crippen molar-refractivity contribution in [2.24, 2.45) is 0 Å². The van der Waals surface area contributed by atoms with Crippen molar-refractivity contribution >= 4 is 16.1 Å². The SMILES string of the molecule is CC(OC(=O)c1ccc(-c2ccccc2)cc1)C(F)S(=O)(=O)O. The van der Waals surface area contributed by atoms with Crippen LogP contribution in [0.4, 0.5) is 4.39 Å². The van der Waals surface area contributed by atoms with Crippen molar-refractivity contribution in [3.8, 4) is 11.1 Å². The zero-order valence-electron chi connectivity index (χ0n) is 12.2. The molecule has 0 amide bonds. The summed E-state index contributed by atoms with van der Waals surface area (Å²) < 4.78 is 48.0. The Bertz CT molecular complexity index is 772. The molecule has 5 nitrogen and oxygen atoms in total. The Morgan fingerprint density at radius 1 is 1.04 bits per heavy atom. The molecule has 0 fully saturated rings. The van der Waals surface area contributed by atoms with Crippen LogP contribution in [0.3, 0.4) is 0 Å². The zero-order chi connectivity index (χ0) is 17.0. The first-order valence-electron chi connectivity index (χ1n) is 6.76. The highest BCUT2D eigenvalue weighted by molar-refractivity contribution is 7.86. The molecule has 2 rings (SSSR count). The molecular weight excluding hydrogens is 323 g/mol. The number of benzene rings is 2. The molecule has 0 radical (unpaired) electrons. The standard InChI is InChI=1S/C16H15FO5S/c1-11(15(17)23(19,20)21)22-16(18)14-9-7-13(8-10-14)12-5-3-2-4-6-12/h2-11,15H,1H3,(H,19,20,21). The Balaban J connectivity index is 2.09. The second-order valence-corrected chi connectivity index (χ2v) is 6.40. The van der Waals surface area contributed by atoms with E-state index in [1.54, 1.807) is 12.1 Å². The summed E-state index contributed by atoms with van der Waals surface area (Å²) in [5, 5.41) is 0. The number of alkyl halides is 1. The Morgan fingerprint density at radius 2 is 1.57 bits per heavy atom. The molecule has 7 heteroatoms. The average molecular weight is 338 g/mol. The fourth-order valence-electron chi connectivity index (χ4n) is 1.96. The maximum absolute atomic E-state index is 13.3. The first-order valence-corrected chi connectivity index (χ1v) is 8.26. The molecule has 23 heavy (non-hydrogen) atoms. The fraction of sp³-hybridized carbons (Fsp3) is 0.188. The Hall–Kier alpha value is -2.25. The van der Waals surface area contributed by atoms with Gasteiger partial charge in [-0.1, -0.05) is 42.5 Å². The van der Waals surface area contributed by atoms with Gasteiger partial charge in [-0.3, -0.25) is 4.55 Å². The number of rotatable bonds is 5. The van der Waals surface area contributed by atoms with Gasteiger partial charge in [0.25, 0.3) is 5.50 Å². The summed E-state index contributed by atoms with van der Waals surface area (Å²) in [6, 6.07) is 15.9. The molecule has 0 aromatic heterocycles. The minimum atomic E-state index is -4.92. The van der Waals surface area contributed by atoms with E-state index in [1.807, 2.05) is 30.3 Å². The molecule has 2 unspecified atom stereocenters. The topological polar surface area (TPSA) is 80.7 Å². The number of esters is 1. The highest BCUT2D eigenvalue weighted by atomic mass is 32.2. The van der Waals surface area contributed by atoms with E-state index < -0.39 is 27.7 Å². The third kappa shape index (κ3) is 4.37. The Morgan fingerprint density at radius 3 is 2.09 bits per heavy atom. The molecule has 2 atom stereocenters.